The number of carbonyl (C=O) groups excluding carboxylic acids is 1. The highest BCUT2D eigenvalue weighted by atomic mass is 16.5. The summed E-state index contributed by atoms with van der Waals surface area (Å²) >= 11 is 0. The summed E-state index contributed by atoms with van der Waals surface area (Å²) in [6.45, 7) is 6.35. The van der Waals surface area contributed by atoms with Crippen LogP contribution in [0.15, 0.2) is 55.0 Å². The molecule has 0 fully saturated rings. The number of aromatic nitrogens is 2. The van der Waals surface area contributed by atoms with Crippen molar-refractivity contribution < 1.29 is 14.3 Å². The molecule has 2 aromatic heterocycles. The highest BCUT2D eigenvalue weighted by Crippen LogP contribution is 2.35. The Kier molecular flexibility index (Phi) is 5.65. The lowest BCUT2D eigenvalue weighted by atomic mass is 9.91. The number of nitrogens with zero attached hydrogens (tertiary/aromatic N) is 2. The highest BCUT2D eigenvalue weighted by molar-refractivity contribution is 5.94. The van der Waals surface area contributed by atoms with Crippen molar-refractivity contribution in [2.45, 2.75) is 39.3 Å². The van der Waals surface area contributed by atoms with Crippen LogP contribution in [0.25, 0.3) is 11.1 Å². The minimum atomic E-state index is -0.173. The number of aryl methyl sites for hydroxylation is 1. The summed E-state index contributed by atoms with van der Waals surface area (Å²) in [4.78, 5) is 21.1. The van der Waals surface area contributed by atoms with E-state index in [-0.39, 0.29) is 18.1 Å². The molecule has 1 N–H and O–H groups in total. The minimum absolute atomic E-state index is 0.0369. The van der Waals surface area contributed by atoms with Crippen LogP contribution in [0.3, 0.4) is 0 Å². The fraction of sp³-hybridized carbons (Fsp3) is 0.292. The number of ether oxygens (including phenoxy) is 2. The van der Waals surface area contributed by atoms with Crippen LogP contribution in [0.4, 0.5) is 0 Å². The van der Waals surface area contributed by atoms with Crippen LogP contribution in [-0.2, 0) is 6.42 Å². The molecule has 0 spiro atoms. The normalized spacial score (nSPS) is 15.3. The number of nitrogens with one attached hydrogen (secondary N) is 1. The van der Waals surface area contributed by atoms with Gasteiger partial charge in [-0.3, -0.25) is 9.78 Å². The van der Waals surface area contributed by atoms with Crippen LogP contribution in [-0.4, -0.2) is 34.6 Å². The van der Waals surface area contributed by atoms with Crippen molar-refractivity contribution >= 4 is 5.91 Å². The van der Waals surface area contributed by atoms with E-state index in [0.29, 0.717) is 24.5 Å². The van der Waals surface area contributed by atoms with Gasteiger partial charge >= 0.3 is 0 Å². The number of fused-ring (bicyclic) bond motifs is 1. The number of hydrogen-bond donors (Lipinski definition) is 1. The van der Waals surface area contributed by atoms with E-state index in [4.69, 9.17) is 9.47 Å². The molecule has 30 heavy (non-hydrogen) atoms. The average Bonchev–Trinajstić information content (AvgIpc) is 2.74. The average molecular weight is 403 g/mol. The van der Waals surface area contributed by atoms with Crippen LogP contribution in [0.5, 0.6) is 11.6 Å². The Balaban J connectivity index is 1.51. The van der Waals surface area contributed by atoms with Gasteiger partial charge in [0, 0.05) is 36.6 Å². The van der Waals surface area contributed by atoms with E-state index in [1.165, 1.54) is 6.20 Å². The number of rotatable bonds is 5. The fourth-order valence-corrected chi connectivity index (χ4v) is 3.62. The summed E-state index contributed by atoms with van der Waals surface area (Å²) in [7, 11) is 0. The van der Waals surface area contributed by atoms with Gasteiger partial charge in [-0.15, -0.1) is 0 Å². The van der Waals surface area contributed by atoms with Crippen LogP contribution >= 0.6 is 0 Å². The lowest BCUT2D eigenvalue weighted by molar-refractivity contribution is 0.0915. The Morgan fingerprint density at radius 2 is 2.03 bits per heavy atom. The van der Waals surface area contributed by atoms with Gasteiger partial charge in [0.2, 0.25) is 5.88 Å². The molecule has 0 unspecified atom stereocenters. The fourth-order valence-electron chi connectivity index (χ4n) is 3.62. The van der Waals surface area contributed by atoms with Gasteiger partial charge in [0.05, 0.1) is 17.7 Å². The van der Waals surface area contributed by atoms with E-state index >= 15 is 0 Å². The first-order chi connectivity index (χ1) is 14.5. The Morgan fingerprint density at radius 3 is 2.77 bits per heavy atom. The van der Waals surface area contributed by atoms with Gasteiger partial charge in [0.25, 0.3) is 5.91 Å². The van der Waals surface area contributed by atoms with E-state index in [1.54, 1.807) is 18.3 Å². The molecule has 1 atom stereocenters. The molecule has 1 amide bonds. The van der Waals surface area contributed by atoms with E-state index < -0.39 is 0 Å². The van der Waals surface area contributed by atoms with Crippen LogP contribution < -0.4 is 14.8 Å². The van der Waals surface area contributed by atoms with Gasteiger partial charge in [0.1, 0.15) is 12.4 Å². The summed E-state index contributed by atoms with van der Waals surface area (Å²) in [6, 6.07) is 11.4. The van der Waals surface area contributed by atoms with E-state index in [0.717, 1.165) is 28.0 Å². The van der Waals surface area contributed by atoms with Crippen LogP contribution in [0.2, 0.25) is 0 Å². The largest absolute Gasteiger partial charge is 0.491 e. The predicted octanol–water partition coefficient (Wildman–Crippen LogP) is 3.97. The first-order valence-corrected chi connectivity index (χ1v) is 10.1. The minimum Gasteiger partial charge on any atom is -0.491 e. The predicted molar refractivity (Wildman–Crippen MR) is 115 cm³/mol. The highest BCUT2D eigenvalue weighted by Gasteiger charge is 2.25. The van der Waals surface area contributed by atoms with Crippen LogP contribution in [0, 0.1) is 6.92 Å². The molecule has 4 rings (SSSR count). The molecule has 0 saturated heterocycles. The molecule has 6 heteroatoms. The van der Waals surface area contributed by atoms with Crippen molar-refractivity contribution in [2.24, 2.45) is 0 Å². The number of amides is 1. The van der Waals surface area contributed by atoms with E-state index in [1.807, 2.05) is 45.2 Å². The molecule has 1 aliphatic heterocycles. The molecule has 1 aliphatic rings. The summed E-state index contributed by atoms with van der Waals surface area (Å²) in [5.74, 6) is 1.20. The maximum Gasteiger partial charge on any atom is 0.253 e. The zero-order valence-corrected chi connectivity index (χ0v) is 17.4. The Morgan fingerprint density at radius 1 is 1.17 bits per heavy atom. The van der Waals surface area contributed by atoms with Gasteiger partial charge < -0.3 is 14.8 Å². The van der Waals surface area contributed by atoms with Crippen LogP contribution in [0.1, 0.15) is 35.3 Å². The topological polar surface area (TPSA) is 73.3 Å². The molecule has 3 aromatic rings. The third-order valence-corrected chi connectivity index (χ3v) is 5.02. The SMILES string of the molecule is Cc1cnccc1-c1cccc2c1C[C@H](NC(=O)c1ccc(OC(C)C)nc1)CO2. The summed E-state index contributed by atoms with van der Waals surface area (Å²) in [5, 5.41) is 3.07. The Bertz CT molecular complexity index is 1050. The van der Waals surface area contributed by atoms with Crippen molar-refractivity contribution in [1.29, 1.82) is 0 Å². The smallest absolute Gasteiger partial charge is 0.253 e. The van der Waals surface area contributed by atoms with Gasteiger partial charge in [0.15, 0.2) is 0 Å². The van der Waals surface area contributed by atoms with E-state index in [2.05, 4.69) is 21.4 Å². The second-order valence-corrected chi connectivity index (χ2v) is 7.71. The molecular formula is C24H25N3O3. The third kappa shape index (κ3) is 4.27. The third-order valence-electron chi connectivity index (χ3n) is 5.02. The molecule has 0 radical (unpaired) electrons. The first-order valence-electron chi connectivity index (χ1n) is 10.1. The molecule has 0 saturated carbocycles. The van der Waals surface area contributed by atoms with Crippen molar-refractivity contribution in [2.75, 3.05) is 6.61 Å². The van der Waals surface area contributed by atoms with Gasteiger partial charge in [-0.2, -0.15) is 0 Å². The molecule has 154 valence electrons. The second kappa shape index (κ2) is 8.53. The quantitative estimate of drug-likeness (QED) is 0.698. The zero-order chi connectivity index (χ0) is 21.1. The summed E-state index contributed by atoms with van der Waals surface area (Å²) in [5.41, 5.74) is 4.94. The van der Waals surface area contributed by atoms with Crippen molar-refractivity contribution in [1.82, 2.24) is 15.3 Å². The van der Waals surface area contributed by atoms with Crippen molar-refractivity contribution in [3.63, 3.8) is 0 Å². The number of carbonyl (C=O) groups is 1. The molecule has 6 nitrogen and oxygen atoms in total. The lowest BCUT2D eigenvalue weighted by Gasteiger charge is -2.28. The molecular weight excluding hydrogens is 378 g/mol. The number of hydrogen-bond acceptors (Lipinski definition) is 5. The van der Waals surface area contributed by atoms with Gasteiger partial charge in [-0.1, -0.05) is 12.1 Å². The molecule has 1 aromatic carbocycles. The monoisotopic (exact) mass is 403 g/mol. The van der Waals surface area contributed by atoms with E-state index in [9.17, 15) is 4.79 Å². The summed E-state index contributed by atoms with van der Waals surface area (Å²) < 4.78 is 11.5. The van der Waals surface area contributed by atoms with Crippen molar-refractivity contribution in [3.05, 3.63) is 71.7 Å². The lowest BCUT2D eigenvalue weighted by Crippen LogP contribution is -2.42. The number of benzene rings is 1. The molecule has 0 bridgehead atoms. The zero-order valence-electron chi connectivity index (χ0n) is 17.4. The van der Waals surface area contributed by atoms with Gasteiger partial charge in [-0.05, 0) is 55.7 Å². The standard InChI is InChI=1S/C24H25N3O3/c1-15(2)30-23-8-7-17(13-26-23)24(28)27-18-11-21-20(5-4-6-22(21)29-14-18)19-9-10-25-12-16(19)3/h4-10,12-13,15,18H,11,14H2,1-3H3,(H,27,28)/t18-/m0/s1. The van der Waals surface area contributed by atoms with Gasteiger partial charge in [-0.25, -0.2) is 4.98 Å². The molecule has 0 aliphatic carbocycles. The molecule has 3 heterocycles. The Labute approximate surface area is 176 Å². The maximum absolute atomic E-state index is 12.7. The second-order valence-electron chi connectivity index (χ2n) is 7.71. The van der Waals surface area contributed by atoms with Crippen molar-refractivity contribution in [3.8, 4) is 22.8 Å². The summed E-state index contributed by atoms with van der Waals surface area (Å²) in [6.07, 6.45) is 5.92. The maximum atomic E-state index is 12.7. The number of pyridine rings is 2. The first kappa shape index (κ1) is 19.9. The Hall–Kier alpha value is -3.41.